The van der Waals surface area contributed by atoms with Gasteiger partial charge in [-0.15, -0.1) is 0 Å². The Hall–Kier alpha value is -3.55. The number of esters is 1. The lowest BCUT2D eigenvalue weighted by Crippen LogP contribution is -2.28. The predicted octanol–water partition coefficient (Wildman–Crippen LogP) is 4.25. The SMILES string of the molecule is CCCNC(=O)c1cc(NC(=O)Nc2ccc(C(=O)OCC)cc2)ccc1N1CCCC1. The van der Waals surface area contributed by atoms with Crippen LogP contribution < -0.4 is 20.9 Å². The van der Waals surface area contributed by atoms with Crippen LogP contribution in [0.25, 0.3) is 0 Å². The zero-order chi connectivity index (χ0) is 22.9. The van der Waals surface area contributed by atoms with E-state index >= 15 is 0 Å². The number of urea groups is 1. The fourth-order valence-electron chi connectivity index (χ4n) is 3.56. The maximum Gasteiger partial charge on any atom is 0.338 e. The molecular formula is C24H30N4O4. The number of anilines is 3. The number of hydrogen-bond donors (Lipinski definition) is 3. The minimum atomic E-state index is -0.442. The van der Waals surface area contributed by atoms with E-state index in [1.54, 1.807) is 43.3 Å². The molecule has 2 aromatic rings. The van der Waals surface area contributed by atoms with Crippen LogP contribution in [0.5, 0.6) is 0 Å². The maximum atomic E-state index is 12.7. The van der Waals surface area contributed by atoms with Gasteiger partial charge in [-0.3, -0.25) is 4.79 Å². The molecule has 170 valence electrons. The van der Waals surface area contributed by atoms with Gasteiger partial charge in [-0.05, 0) is 68.7 Å². The first-order valence-electron chi connectivity index (χ1n) is 11.0. The average Bonchev–Trinajstić information content (AvgIpc) is 3.32. The zero-order valence-electron chi connectivity index (χ0n) is 18.6. The van der Waals surface area contributed by atoms with Crippen molar-refractivity contribution < 1.29 is 19.1 Å². The quantitative estimate of drug-likeness (QED) is 0.535. The van der Waals surface area contributed by atoms with Gasteiger partial charge in [0.2, 0.25) is 0 Å². The topological polar surface area (TPSA) is 99.8 Å². The van der Waals surface area contributed by atoms with Crippen molar-refractivity contribution in [3.63, 3.8) is 0 Å². The molecule has 0 saturated carbocycles. The van der Waals surface area contributed by atoms with Crippen molar-refractivity contribution in [2.45, 2.75) is 33.1 Å². The molecule has 8 nitrogen and oxygen atoms in total. The van der Waals surface area contributed by atoms with Gasteiger partial charge in [-0.1, -0.05) is 6.92 Å². The number of nitrogens with zero attached hydrogens (tertiary/aromatic N) is 1. The van der Waals surface area contributed by atoms with Crippen LogP contribution >= 0.6 is 0 Å². The third kappa shape index (κ3) is 6.00. The van der Waals surface area contributed by atoms with Crippen molar-refractivity contribution in [2.24, 2.45) is 0 Å². The highest BCUT2D eigenvalue weighted by Crippen LogP contribution is 2.27. The summed E-state index contributed by atoms with van der Waals surface area (Å²) >= 11 is 0. The molecule has 8 heteroatoms. The second-order valence-corrected chi connectivity index (χ2v) is 7.56. The monoisotopic (exact) mass is 438 g/mol. The molecular weight excluding hydrogens is 408 g/mol. The van der Waals surface area contributed by atoms with Crippen LogP contribution in [0.15, 0.2) is 42.5 Å². The number of amides is 3. The molecule has 0 atom stereocenters. The fourth-order valence-corrected chi connectivity index (χ4v) is 3.56. The number of carbonyl (C=O) groups excluding carboxylic acids is 3. The predicted molar refractivity (Wildman–Crippen MR) is 126 cm³/mol. The summed E-state index contributed by atoms with van der Waals surface area (Å²) in [6.07, 6.45) is 3.06. The normalized spacial score (nSPS) is 12.9. The van der Waals surface area contributed by atoms with Crippen LogP contribution in [0.1, 0.15) is 53.8 Å². The Labute approximate surface area is 188 Å². The lowest BCUT2D eigenvalue weighted by Gasteiger charge is -2.22. The van der Waals surface area contributed by atoms with E-state index in [0.29, 0.717) is 35.7 Å². The van der Waals surface area contributed by atoms with Crippen LogP contribution in [-0.4, -0.2) is 44.1 Å². The first-order chi connectivity index (χ1) is 15.5. The molecule has 1 fully saturated rings. The minimum Gasteiger partial charge on any atom is -0.462 e. The highest BCUT2D eigenvalue weighted by molar-refractivity contribution is 6.04. The maximum absolute atomic E-state index is 12.7. The van der Waals surface area contributed by atoms with Gasteiger partial charge in [0, 0.05) is 36.7 Å². The molecule has 3 amide bonds. The van der Waals surface area contributed by atoms with E-state index in [1.807, 2.05) is 13.0 Å². The van der Waals surface area contributed by atoms with Gasteiger partial charge in [-0.2, -0.15) is 0 Å². The molecule has 2 aromatic carbocycles. The number of nitrogens with one attached hydrogen (secondary N) is 3. The van der Waals surface area contributed by atoms with E-state index in [4.69, 9.17) is 4.74 Å². The van der Waals surface area contributed by atoms with Crippen LogP contribution in [0.4, 0.5) is 21.9 Å². The summed E-state index contributed by atoms with van der Waals surface area (Å²) in [5, 5.41) is 8.43. The Morgan fingerprint density at radius 2 is 1.59 bits per heavy atom. The van der Waals surface area contributed by atoms with E-state index in [0.717, 1.165) is 38.0 Å². The van der Waals surface area contributed by atoms with Crippen LogP contribution in [0.3, 0.4) is 0 Å². The molecule has 3 rings (SSSR count). The van der Waals surface area contributed by atoms with Crippen molar-refractivity contribution in [1.29, 1.82) is 0 Å². The summed E-state index contributed by atoms with van der Waals surface area (Å²) in [7, 11) is 0. The van der Waals surface area contributed by atoms with Crippen molar-refractivity contribution in [2.75, 3.05) is 41.8 Å². The van der Waals surface area contributed by atoms with Crippen LogP contribution in [-0.2, 0) is 4.74 Å². The highest BCUT2D eigenvalue weighted by Gasteiger charge is 2.20. The fraction of sp³-hybridized carbons (Fsp3) is 0.375. The second-order valence-electron chi connectivity index (χ2n) is 7.56. The Balaban J connectivity index is 1.69. The lowest BCUT2D eigenvalue weighted by molar-refractivity contribution is 0.0526. The first kappa shape index (κ1) is 23.1. The standard InChI is InChI=1S/C24H30N4O4/c1-3-13-25-22(29)20-16-19(11-12-21(20)28-14-5-6-15-28)27-24(31)26-18-9-7-17(8-10-18)23(30)32-4-2/h7-12,16H,3-6,13-15H2,1-2H3,(H,25,29)(H2,26,27,31). The molecule has 32 heavy (non-hydrogen) atoms. The summed E-state index contributed by atoms with van der Waals surface area (Å²) < 4.78 is 4.95. The molecule has 1 aliphatic heterocycles. The van der Waals surface area contributed by atoms with Crippen molar-refractivity contribution in [1.82, 2.24) is 5.32 Å². The summed E-state index contributed by atoms with van der Waals surface area (Å²) in [4.78, 5) is 39.2. The number of hydrogen-bond acceptors (Lipinski definition) is 5. The minimum absolute atomic E-state index is 0.146. The van der Waals surface area contributed by atoms with E-state index in [-0.39, 0.29) is 5.91 Å². The van der Waals surface area contributed by atoms with Gasteiger partial charge in [0.1, 0.15) is 0 Å². The Kier molecular flexibility index (Phi) is 8.08. The molecule has 0 radical (unpaired) electrons. The summed E-state index contributed by atoms with van der Waals surface area (Å²) in [6, 6.07) is 11.4. The lowest BCUT2D eigenvalue weighted by atomic mass is 10.1. The molecule has 1 saturated heterocycles. The molecule has 1 heterocycles. The molecule has 1 aliphatic rings. The molecule has 0 unspecified atom stereocenters. The Bertz CT molecular complexity index is 953. The number of ether oxygens (including phenoxy) is 1. The van der Waals surface area contributed by atoms with E-state index < -0.39 is 12.0 Å². The van der Waals surface area contributed by atoms with Crippen molar-refractivity contribution >= 4 is 35.0 Å². The molecule has 0 bridgehead atoms. The summed E-state index contributed by atoms with van der Waals surface area (Å²) in [6.45, 7) is 6.48. The van der Waals surface area contributed by atoms with Gasteiger partial charge in [0.25, 0.3) is 5.91 Å². The first-order valence-corrected chi connectivity index (χ1v) is 11.0. The molecule has 0 aromatic heterocycles. The van der Waals surface area contributed by atoms with Crippen LogP contribution in [0, 0.1) is 0 Å². The third-order valence-electron chi connectivity index (χ3n) is 5.14. The van der Waals surface area contributed by atoms with Crippen LogP contribution in [0.2, 0.25) is 0 Å². The molecule has 0 aliphatic carbocycles. The van der Waals surface area contributed by atoms with Gasteiger partial charge in [0.15, 0.2) is 0 Å². The summed E-state index contributed by atoms with van der Waals surface area (Å²) in [5.74, 6) is -0.553. The van der Waals surface area contributed by atoms with E-state index in [9.17, 15) is 14.4 Å². The third-order valence-corrected chi connectivity index (χ3v) is 5.14. The number of carbonyl (C=O) groups is 3. The van der Waals surface area contributed by atoms with E-state index in [1.165, 1.54) is 0 Å². The Morgan fingerprint density at radius 3 is 2.25 bits per heavy atom. The highest BCUT2D eigenvalue weighted by atomic mass is 16.5. The van der Waals surface area contributed by atoms with Crippen molar-refractivity contribution in [3.05, 3.63) is 53.6 Å². The number of benzene rings is 2. The van der Waals surface area contributed by atoms with Gasteiger partial charge in [0.05, 0.1) is 17.7 Å². The Morgan fingerprint density at radius 1 is 0.938 bits per heavy atom. The van der Waals surface area contributed by atoms with Gasteiger partial charge < -0.3 is 25.6 Å². The largest absolute Gasteiger partial charge is 0.462 e. The number of rotatable bonds is 8. The molecule has 0 spiro atoms. The average molecular weight is 439 g/mol. The second kappa shape index (κ2) is 11.2. The van der Waals surface area contributed by atoms with Gasteiger partial charge in [-0.25, -0.2) is 9.59 Å². The zero-order valence-corrected chi connectivity index (χ0v) is 18.6. The van der Waals surface area contributed by atoms with Crippen molar-refractivity contribution in [3.8, 4) is 0 Å². The smallest absolute Gasteiger partial charge is 0.338 e. The summed E-state index contributed by atoms with van der Waals surface area (Å²) in [5.41, 5.74) is 2.91. The van der Waals surface area contributed by atoms with E-state index in [2.05, 4.69) is 20.9 Å². The van der Waals surface area contributed by atoms with Gasteiger partial charge >= 0.3 is 12.0 Å². The molecule has 3 N–H and O–H groups in total.